The van der Waals surface area contributed by atoms with Crippen molar-refractivity contribution >= 4 is 0 Å². The number of aliphatic hydroxyl groups excluding tert-OH is 8. The Labute approximate surface area is 220 Å². The van der Waals surface area contributed by atoms with E-state index < -0.39 is 120 Å². The van der Waals surface area contributed by atoms with E-state index in [9.17, 15) is 66.4 Å². The van der Waals surface area contributed by atoms with Gasteiger partial charge >= 0.3 is 0 Å². The second-order valence-electron chi connectivity index (χ2n) is 13.5. The first-order chi connectivity index (χ1) is 17.2. The quantitative estimate of drug-likeness (QED) is 0.147. The summed E-state index contributed by atoms with van der Waals surface area (Å²) in [6.07, 6.45) is -17.2. The van der Waals surface area contributed by atoms with Crippen LogP contribution in [0.5, 0.6) is 0 Å². The number of hydrogen-bond donors (Lipinski definition) is 13. The lowest BCUT2D eigenvalue weighted by Crippen LogP contribution is -2.84. The average Bonchev–Trinajstić information content (AvgIpc) is 2.74. The van der Waals surface area contributed by atoms with Crippen LogP contribution in [0.4, 0.5) is 0 Å². The van der Waals surface area contributed by atoms with E-state index in [-0.39, 0.29) is 12.8 Å². The molecule has 4 aliphatic carbocycles. The molecule has 0 amide bonds. The van der Waals surface area contributed by atoms with Gasteiger partial charge in [0.15, 0.2) is 12.6 Å². The van der Waals surface area contributed by atoms with E-state index in [1.165, 1.54) is 0 Å². The van der Waals surface area contributed by atoms with Crippen molar-refractivity contribution in [2.45, 2.75) is 112 Å². The summed E-state index contributed by atoms with van der Waals surface area (Å²) >= 11 is 0. The molecule has 0 spiro atoms. The van der Waals surface area contributed by atoms with Crippen molar-refractivity contribution in [3.05, 3.63) is 0 Å². The highest BCUT2D eigenvalue weighted by atomic mass is 16.5. The van der Waals surface area contributed by atoms with E-state index in [1.807, 2.05) is 20.8 Å². The van der Waals surface area contributed by atoms with Crippen LogP contribution >= 0.6 is 0 Å². The minimum atomic E-state index is -2.91. The maximum absolute atomic E-state index is 11.8. The van der Waals surface area contributed by atoms with Gasteiger partial charge in [0.25, 0.3) is 0 Å². The molecule has 0 bridgehead atoms. The fraction of sp³-hybridized carbons (Fsp3) is 1.00. The molecule has 4 saturated carbocycles. The molecule has 15 unspecified atom stereocenters. The fourth-order valence-electron chi connectivity index (χ4n) is 8.64. The molecule has 0 aromatic rings. The number of fused-ring (bicyclic) bond motifs is 3. The van der Waals surface area contributed by atoms with Gasteiger partial charge < -0.3 is 66.4 Å². The predicted octanol–water partition coefficient (Wildman–Crippen LogP) is -4.68. The first-order valence-electron chi connectivity index (χ1n) is 13.2. The molecule has 4 rings (SSSR count). The Hall–Kier alpha value is -0.520. The van der Waals surface area contributed by atoms with Gasteiger partial charge in [-0.1, -0.05) is 20.8 Å². The van der Waals surface area contributed by atoms with Gasteiger partial charge in [0.2, 0.25) is 0 Å². The van der Waals surface area contributed by atoms with Crippen molar-refractivity contribution in [2.24, 2.45) is 40.9 Å². The number of aliphatic hydroxyl groups is 13. The molecule has 0 aromatic heterocycles. The average molecular weight is 553 g/mol. The molecule has 222 valence electrons. The van der Waals surface area contributed by atoms with Crippen LogP contribution in [0.15, 0.2) is 0 Å². The fourth-order valence-corrected chi connectivity index (χ4v) is 8.64. The summed E-state index contributed by atoms with van der Waals surface area (Å²) in [4.78, 5) is 0. The number of rotatable bonds is 3. The lowest BCUT2D eigenvalue weighted by atomic mass is 9.43. The molecule has 0 radical (unpaired) electrons. The molecular formula is C25H44O13. The van der Waals surface area contributed by atoms with Crippen molar-refractivity contribution < 1.29 is 66.4 Å². The Morgan fingerprint density at radius 1 is 0.789 bits per heavy atom. The van der Waals surface area contributed by atoms with Crippen LogP contribution in [-0.4, -0.2) is 132 Å². The monoisotopic (exact) mass is 552 g/mol. The van der Waals surface area contributed by atoms with E-state index in [2.05, 4.69) is 0 Å². The standard InChI is InChI=1S/C25H44O13/c1-22(2,3)10-4-8(15(27)21(34)35)9-5-23(36)7-24(37)6-11(26)13(20(32)33)18(30)25(24,38)19(31)14(23)17(29)12(9)16(10)28/h8-21,26-38H,4-7H2,1-3H3. The van der Waals surface area contributed by atoms with Crippen LogP contribution < -0.4 is 0 Å². The summed E-state index contributed by atoms with van der Waals surface area (Å²) in [7, 11) is 0. The molecule has 4 fully saturated rings. The van der Waals surface area contributed by atoms with Crippen LogP contribution in [0, 0.1) is 40.9 Å². The van der Waals surface area contributed by atoms with Gasteiger partial charge in [-0.2, -0.15) is 0 Å². The molecule has 15 atom stereocenters. The van der Waals surface area contributed by atoms with Crippen LogP contribution in [0.25, 0.3) is 0 Å². The zero-order chi connectivity index (χ0) is 28.9. The van der Waals surface area contributed by atoms with Gasteiger partial charge in [-0.3, -0.25) is 0 Å². The predicted molar refractivity (Wildman–Crippen MR) is 126 cm³/mol. The topological polar surface area (TPSA) is 263 Å². The van der Waals surface area contributed by atoms with E-state index >= 15 is 0 Å². The minimum absolute atomic E-state index is 0.113. The highest BCUT2D eigenvalue weighted by Crippen LogP contribution is 2.62. The van der Waals surface area contributed by atoms with Gasteiger partial charge in [0.1, 0.15) is 17.3 Å². The molecular weight excluding hydrogens is 508 g/mol. The summed E-state index contributed by atoms with van der Waals surface area (Å²) in [5, 5.41) is 141. The second-order valence-corrected chi connectivity index (χ2v) is 13.5. The molecule has 0 aliphatic heterocycles. The van der Waals surface area contributed by atoms with Crippen molar-refractivity contribution in [3.63, 3.8) is 0 Å². The van der Waals surface area contributed by atoms with E-state index in [4.69, 9.17) is 0 Å². The van der Waals surface area contributed by atoms with Crippen LogP contribution in [0.2, 0.25) is 0 Å². The third kappa shape index (κ3) is 4.18. The van der Waals surface area contributed by atoms with E-state index in [0.717, 1.165) is 0 Å². The Kier molecular flexibility index (Phi) is 7.62. The highest BCUT2D eigenvalue weighted by Gasteiger charge is 2.76. The highest BCUT2D eigenvalue weighted by molar-refractivity contribution is 5.26. The van der Waals surface area contributed by atoms with Gasteiger partial charge in [-0.25, -0.2) is 0 Å². The summed E-state index contributed by atoms with van der Waals surface area (Å²) in [5.74, 6) is -6.95. The summed E-state index contributed by atoms with van der Waals surface area (Å²) in [6.45, 7) is 5.48. The van der Waals surface area contributed by atoms with E-state index in [1.54, 1.807) is 0 Å². The summed E-state index contributed by atoms with van der Waals surface area (Å²) < 4.78 is 0. The third-order valence-corrected chi connectivity index (χ3v) is 10.5. The molecule has 38 heavy (non-hydrogen) atoms. The molecule has 13 N–H and O–H groups in total. The SMILES string of the molecule is CC(C)(C)C1CC(C(O)C(O)O)C2CC3(O)CC4(O)CC(O)C(C(O)O)C(O)C4(O)C(O)C3C(O)C2C1O. The molecule has 0 aromatic carbocycles. The van der Waals surface area contributed by atoms with Crippen LogP contribution in [0.3, 0.4) is 0 Å². The lowest BCUT2D eigenvalue weighted by molar-refractivity contribution is -0.374. The van der Waals surface area contributed by atoms with Crippen molar-refractivity contribution in [2.75, 3.05) is 0 Å². The van der Waals surface area contributed by atoms with Crippen LogP contribution in [0.1, 0.15) is 46.5 Å². The van der Waals surface area contributed by atoms with Crippen LogP contribution in [-0.2, 0) is 0 Å². The van der Waals surface area contributed by atoms with Gasteiger partial charge in [-0.15, -0.1) is 0 Å². The molecule has 0 saturated heterocycles. The van der Waals surface area contributed by atoms with Crippen molar-refractivity contribution in [1.29, 1.82) is 0 Å². The lowest BCUT2D eigenvalue weighted by Gasteiger charge is -2.68. The Balaban J connectivity index is 1.81. The summed E-state index contributed by atoms with van der Waals surface area (Å²) in [6, 6.07) is 0. The number of hydrogen-bond acceptors (Lipinski definition) is 13. The zero-order valence-electron chi connectivity index (χ0n) is 21.7. The molecule has 0 heterocycles. The molecule has 13 heteroatoms. The normalized spacial score (nSPS) is 54.3. The maximum Gasteiger partial charge on any atom is 0.178 e. The summed E-state index contributed by atoms with van der Waals surface area (Å²) in [5.41, 5.74) is -8.17. The molecule has 4 aliphatic rings. The zero-order valence-corrected chi connectivity index (χ0v) is 21.7. The van der Waals surface area contributed by atoms with Gasteiger partial charge in [-0.05, 0) is 36.0 Å². The smallest absolute Gasteiger partial charge is 0.178 e. The van der Waals surface area contributed by atoms with Gasteiger partial charge in [0.05, 0.1) is 42.0 Å². The van der Waals surface area contributed by atoms with E-state index in [0.29, 0.717) is 0 Å². The largest absolute Gasteiger partial charge is 0.392 e. The van der Waals surface area contributed by atoms with Crippen molar-refractivity contribution in [1.82, 2.24) is 0 Å². The maximum atomic E-state index is 11.8. The first kappa shape index (κ1) is 30.4. The Bertz CT molecular complexity index is 880. The second kappa shape index (κ2) is 9.51. The Morgan fingerprint density at radius 3 is 1.87 bits per heavy atom. The van der Waals surface area contributed by atoms with Crippen molar-refractivity contribution in [3.8, 4) is 0 Å². The molecule has 13 nitrogen and oxygen atoms in total. The Morgan fingerprint density at radius 2 is 1.37 bits per heavy atom. The minimum Gasteiger partial charge on any atom is -0.392 e. The first-order valence-corrected chi connectivity index (χ1v) is 13.2. The van der Waals surface area contributed by atoms with Gasteiger partial charge in [0, 0.05) is 24.7 Å². The third-order valence-electron chi connectivity index (χ3n) is 10.5.